The van der Waals surface area contributed by atoms with Gasteiger partial charge in [-0.1, -0.05) is 23.4 Å². The molecule has 1 amide bonds. The Hall–Kier alpha value is -1.57. The lowest BCUT2D eigenvalue weighted by Gasteiger charge is -1.99. The number of rotatable bonds is 4. The van der Waals surface area contributed by atoms with Gasteiger partial charge in [0.25, 0.3) is 0 Å². The van der Waals surface area contributed by atoms with Crippen molar-refractivity contribution >= 4 is 56.8 Å². The smallest absolute Gasteiger partial charge is 0.236 e. The first-order valence-electron chi connectivity index (χ1n) is 6.10. The molecule has 0 saturated heterocycles. The van der Waals surface area contributed by atoms with Crippen LogP contribution in [0.25, 0.3) is 11.0 Å². The summed E-state index contributed by atoms with van der Waals surface area (Å²) in [5, 5.41) is 6.62. The number of carbonyl (C=O) groups is 1. The van der Waals surface area contributed by atoms with Gasteiger partial charge in [0.05, 0.1) is 22.5 Å². The lowest BCUT2D eigenvalue weighted by molar-refractivity contribution is -0.113. The monoisotopic (exact) mass is 338 g/mol. The van der Waals surface area contributed by atoms with Gasteiger partial charge in [-0.2, -0.15) is 0 Å². The number of amides is 1. The Kier molecular flexibility index (Phi) is 4.14. The highest BCUT2D eigenvalue weighted by atomic mass is 35.5. The minimum absolute atomic E-state index is 0.104. The summed E-state index contributed by atoms with van der Waals surface area (Å²) in [6, 6.07) is 5.44. The van der Waals surface area contributed by atoms with Crippen molar-refractivity contribution < 1.29 is 4.79 Å². The molecule has 21 heavy (non-hydrogen) atoms. The van der Waals surface area contributed by atoms with Gasteiger partial charge in [0.1, 0.15) is 0 Å². The van der Waals surface area contributed by atoms with E-state index in [1.54, 1.807) is 6.07 Å². The molecule has 0 spiro atoms. The second kappa shape index (κ2) is 6.05. The molecular weight excluding hydrogens is 328 g/mol. The first-order valence-corrected chi connectivity index (χ1v) is 8.34. The Bertz CT molecular complexity index is 798. The molecule has 0 aliphatic rings. The summed E-state index contributed by atoms with van der Waals surface area (Å²) in [7, 11) is 0. The van der Waals surface area contributed by atoms with Crippen LogP contribution in [0.3, 0.4) is 0 Å². The minimum Gasteiger partial charge on any atom is -0.333 e. The zero-order chi connectivity index (χ0) is 14.8. The van der Waals surface area contributed by atoms with Gasteiger partial charge in [-0.25, -0.2) is 9.97 Å². The van der Waals surface area contributed by atoms with E-state index < -0.39 is 0 Å². The van der Waals surface area contributed by atoms with E-state index in [1.807, 2.05) is 24.4 Å². The topological polar surface area (TPSA) is 70.7 Å². The molecule has 0 saturated carbocycles. The van der Waals surface area contributed by atoms with Crippen LogP contribution in [0, 0.1) is 6.92 Å². The first kappa shape index (κ1) is 14.4. The number of benzene rings is 1. The van der Waals surface area contributed by atoms with Gasteiger partial charge in [0.2, 0.25) is 5.91 Å². The zero-order valence-electron chi connectivity index (χ0n) is 11.0. The largest absolute Gasteiger partial charge is 0.333 e. The van der Waals surface area contributed by atoms with E-state index >= 15 is 0 Å². The fourth-order valence-electron chi connectivity index (χ4n) is 1.73. The number of imidazole rings is 1. The summed E-state index contributed by atoms with van der Waals surface area (Å²) in [4.78, 5) is 23.6. The summed E-state index contributed by atoms with van der Waals surface area (Å²) >= 11 is 8.68. The van der Waals surface area contributed by atoms with E-state index in [0.717, 1.165) is 16.7 Å². The van der Waals surface area contributed by atoms with Crippen LogP contribution in [-0.2, 0) is 4.79 Å². The maximum atomic E-state index is 11.8. The SMILES string of the molecule is Cc1csc(NC(=O)CSc2nc3ccc(Cl)cc3[nH]2)n1. The number of aromatic nitrogens is 3. The maximum absolute atomic E-state index is 11.8. The highest BCUT2D eigenvalue weighted by Crippen LogP contribution is 2.22. The molecule has 0 atom stereocenters. The van der Waals surface area contributed by atoms with Crippen molar-refractivity contribution in [2.45, 2.75) is 12.1 Å². The lowest BCUT2D eigenvalue weighted by Crippen LogP contribution is -2.13. The van der Waals surface area contributed by atoms with Crippen LogP contribution >= 0.6 is 34.7 Å². The maximum Gasteiger partial charge on any atom is 0.236 e. The van der Waals surface area contributed by atoms with Gasteiger partial charge in [-0.15, -0.1) is 11.3 Å². The molecule has 0 radical (unpaired) electrons. The number of halogens is 1. The molecule has 8 heteroatoms. The number of nitrogens with one attached hydrogen (secondary N) is 2. The molecule has 3 aromatic rings. The third-order valence-corrected chi connectivity index (χ3v) is 4.61. The second-order valence-corrected chi connectivity index (χ2v) is 6.59. The number of nitrogens with zero attached hydrogens (tertiary/aromatic N) is 2. The highest BCUT2D eigenvalue weighted by molar-refractivity contribution is 7.99. The van der Waals surface area contributed by atoms with Crippen molar-refractivity contribution in [2.75, 3.05) is 11.1 Å². The third kappa shape index (κ3) is 3.55. The van der Waals surface area contributed by atoms with Gasteiger partial charge in [-0.05, 0) is 25.1 Å². The Morgan fingerprint density at radius 1 is 1.48 bits per heavy atom. The van der Waals surface area contributed by atoms with E-state index in [0.29, 0.717) is 15.3 Å². The highest BCUT2D eigenvalue weighted by Gasteiger charge is 2.09. The Morgan fingerprint density at radius 2 is 2.33 bits per heavy atom. The van der Waals surface area contributed by atoms with E-state index in [2.05, 4.69) is 20.3 Å². The number of hydrogen-bond donors (Lipinski definition) is 2. The number of thiazole rings is 1. The number of thioether (sulfide) groups is 1. The molecule has 1 aromatic carbocycles. The Balaban J connectivity index is 1.61. The van der Waals surface area contributed by atoms with Crippen LogP contribution in [0.4, 0.5) is 5.13 Å². The summed E-state index contributed by atoms with van der Waals surface area (Å²) in [5.74, 6) is 0.166. The molecule has 0 aliphatic carbocycles. The normalized spacial score (nSPS) is 11.0. The van der Waals surface area contributed by atoms with Crippen molar-refractivity contribution in [1.82, 2.24) is 15.0 Å². The van der Waals surface area contributed by atoms with Crippen LogP contribution < -0.4 is 5.32 Å². The van der Waals surface area contributed by atoms with Crippen molar-refractivity contribution in [1.29, 1.82) is 0 Å². The predicted octanol–water partition coefficient (Wildman–Crippen LogP) is 3.71. The minimum atomic E-state index is -0.104. The molecule has 2 N–H and O–H groups in total. The molecule has 108 valence electrons. The van der Waals surface area contributed by atoms with E-state index in [-0.39, 0.29) is 11.7 Å². The fourth-order valence-corrected chi connectivity index (χ4v) is 3.29. The number of fused-ring (bicyclic) bond motifs is 1. The van der Waals surface area contributed by atoms with Crippen LogP contribution in [0.2, 0.25) is 5.02 Å². The van der Waals surface area contributed by atoms with Gasteiger partial charge in [0.15, 0.2) is 10.3 Å². The van der Waals surface area contributed by atoms with Crippen molar-refractivity contribution in [3.8, 4) is 0 Å². The van der Waals surface area contributed by atoms with Crippen molar-refractivity contribution in [3.05, 3.63) is 34.3 Å². The number of aromatic amines is 1. The zero-order valence-corrected chi connectivity index (χ0v) is 13.4. The first-order chi connectivity index (χ1) is 10.1. The van der Waals surface area contributed by atoms with Crippen LogP contribution in [0.5, 0.6) is 0 Å². The number of H-pyrrole nitrogens is 1. The van der Waals surface area contributed by atoms with Crippen molar-refractivity contribution in [3.63, 3.8) is 0 Å². The number of aryl methyl sites for hydroxylation is 1. The van der Waals surface area contributed by atoms with Crippen LogP contribution in [0.15, 0.2) is 28.7 Å². The molecule has 0 unspecified atom stereocenters. The predicted molar refractivity (Wildman–Crippen MR) is 87.3 cm³/mol. The molecule has 5 nitrogen and oxygen atoms in total. The Labute approximate surface area is 134 Å². The van der Waals surface area contributed by atoms with E-state index in [4.69, 9.17) is 11.6 Å². The summed E-state index contributed by atoms with van der Waals surface area (Å²) in [6.45, 7) is 1.89. The lowest BCUT2D eigenvalue weighted by atomic mass is 10.3. The average Bonchev–Trinajstić information content (AvgIpc) is 3.02. The summed E-state index contributed by atoms with van der Waals surface area (Å²) < 4.78 is 0. The molecular formula is C13H11ClN4OS2. The van der Waals surface area contributed by atoms with Gasteiger partial charge >= 0.3 is 0 Å². The second-order valence-electron chi connectivity index (χ2n) is 4.33. The third-order valence-electron chi connectivity index (χ3n) is 2.63. The number of hydrogen-bond acceptors (Lipinski definition) is 5. The van der Waals surface area contributed by atoms with Crippen LogP contribution in [-0.4, -0.2) is 26.6 Å². The standard InChI is InChI=1S/C13H11ClN4OS2/c1-7-5-20-12(15-7)18-11(19)6-21-13-16-9-3-2-8(14)4-10(9)17-13/h2-5H,6H2,1H3,(H,16,17)(H,15,18,19). The molecule has 0 aliphatic heterocycles. The Morgan fingerprint density at radius 3 is 3.10 bits per heavy atom. The van der Waals surface area contributed by atoms with Crippen molar-refractivity contribution in [2.24, 2.45) is 0 Å². The van der Waals surface area contributed by atoms with Gasteiger partial charge in [-0.3, -0.25) is 4.79 Å². The average molecular weight is 339 g/mol. The fraction of sp³-hybridized carbons (Fsp3) is 0.154. The van der Waals surface area contributed by atoms with Gasteiger partial charge < -0.3 is 10.3 Å². The molecule has 0 fully saturated rings. The summed E-state index contributed by atoms with van der Waals surface area (Å²) in [6.07, 6.45) is 0. The van der Waals surface area contributed by atoms with E-state index in [1.165, 1.54) is 23.1 Å². The quantitative estimate of drug-likeness (QED) is 0.711. The number of anilines is 1. The molecule has 2 heterocycles. The summed E-state index contributed by atoms with van der Waals surface area (Å²) in [5.41, 5.74) is 2.59. The van der Waals surface area contributed by atoms with Gasteiger partial charge in [0, 0.05) is 10.4 Å². The molecule has 3 rings (SSSR count). The van der Waals surface area contributed by atoms with E-state index in [9.17, 15) is 4.79 Å². The number of carbonyl (C=O) groups excluding carboxylic acids is 1. The molecule has 2 aromatic heterocycles. The van der Waals surface area contributed by atoms with Crippen LogP contribution in [0.1, 0.15) is 5.69 Å². The molecule has 0 bridgehead atoms.